The van der Waals surface area contributed by atoms with Crippen LogP contribution in [0.3, 0.4) is 0 Å². The van der Waals surface area contributed by atoms with Crippen LogP contribution in [-0.4, -0.2) is 59.1 Å². The van der Waals surface area contributed by atoms with Gasteiger partial charge in [-0.1, -0.05) is 30.3 Å². The van der Waals surface area contributed by atoms with Gasteiger partial charge >= 0.3 is 0 Å². The number of likely N-dealkylation sites (N-methyl/N-ethyl adjacent to an activating group) is 1. The van der Waals surface area contributed by atoms with Crippen molar-refractivity contribution >= 4 is 5.91 Å². The van der Waals surface area contributed by atoms with Crippen LogP contribution < -0.4 is 10.1 Å². The molecule has 0 aliphatic heterocycles. The van der Waals surface area contributed by atoms with E-state index >= 15 is 0 Å². The number of ether oxygens (including phenoxy) is 1. The van der Waals surface area contributed by atoms with E-state index in [-0.39, 0.29) is 11.9 Å². The Bertz CT molecular complexity index is 1050. The highest BCUT2D eigenvalue weighted by Crippen LogP contribution is 2.30. The fourth-order valence-corrected chi connectivity index (χ4v) is 3.87. The van der Waals surface area contributed by atoms with Crippen LogP contribution in [0.25, 0.3) is 5.69 Å². The fraction of sp³-hybridized carbons (Fsp3) is 0.375. The van der Waals surface area contributed by atoms with Crippen LogP contribution in [0.15, 0.2) is 48.5 Å². The van der Waals surface area contributed by atoms with Crippen LogP contribution in [0.2, 0.25) is 0 Å². The summed E-state index contributed by atoms with van der Waals surface area (Å²) in [5.74, 6) is 0.739. The lowest BCUT2D eigenvalue weighted by molar-refractivity contribution is 0.0927. The second-order valence-corrected chi connectivity index (χ2v) is 8.22. The van der Waals surface area contributed by atoms with E-state index in [4.69, 9.17) is 4.74 Å². The van der Waals surface area contributed by atoms with Crippen molar-refractivity contribution in [2.45, 2.75) is 32.2 Å². The zero-order valence-electron chi connectivity index (χ0n) is 18.3. The standard InChI is InChI=1S/C24H29N5O2/c1-17-23(27-29(26-17)20-9-5-4-6-10-20)24(30)25-19-13-12-18-8-7-11-22(21(18)16-19)31-15-14-28(2)3/h4-11,19H,12-16H2,1-3H3,(H,25,30)/t19-/m1/s1. The molecule has 1 heterocycles. The highest BCUT2D eigenvalue weighted by molar-refractivity contribution is 5.93. The first-order chi connectivity index (χ1) is 15.0. The van der Waals surface area contributed by atoms with Gasteiger partial charge in [-0.05, 0) is 69.6 Å². The molecule has 1 atom stereocenters. The Hall–Kier alpha value is -3.19. The number of carbonyl (C=O) groups is 1. The lowest BCUT2D eigenvalue weighted by Crippen LogP contribution is -2.39. The molecule has 1 amide bonds. The lowest BCUT2D eigenvalue weighted by Gasteiger charge is -2.27. The van der Waals surface area contributed by atoms with Crippen LogP contribution >= 0.6 is 0 Å². The zero-order chi connectivity index (χ0) is 21.8. The number of benzene rings is 2. The summed E-state index contributed by atoms with van der Waals surface area (Å²) in [7, 11) is 4.07. The molecule has 0 unspecified atom stereocenters. The molecule has 1 aliphatic rings. The van der Waals surface area contributed by atoms with Crippen molar-refractivity contribution < 1.29 is 9.53 Å². The average molecular weight is 420 g/mol. The molecule has 162 valence electrons. The highest BCUT2D eigenvalue weighted by Gasteiger charge is 2.25. The average Bonchev–Trinajstić information content (AvgIpc) is 3.16. The number of aromatic nitrogens is 3. The number of nitrogens with zero attached hydrogens (tertiary/aromatic N) is 4. The van der Waals surface area contributed by atoms with Gasteiger partial charge in [0.25, 0.3) is 5.91 Å². The number of para-hydroxylation sites is 1. The quantitative estimate of drug-likeness (QED) is 0.638. The molecule has 0 saturated heterocycles. The summed E-state index contributed by atoms with van der Waals surface area (Å²) in [5.41, 5.74) is 4.31. The molecule has 3 aromatic rings. The SMILES string of the molecule is Cc1nn(-c2ccccc2)nc1C(=O)N[C@@H]1CCc2cccc(OCCN(C)C)c2C1. The van der Waals surface area contributed by atoms with E-state index in [1.54, 1.807) is 0 Å². The predicted molar refractivity (Wildman–Crippen MR) is 120 cm³/mol. The summed E-state index contributed by atoms with van der Waals surface area (Å²) >= 11 is 0. The molecule has 0 radical (unpaired) electrons. The Kier molecular flexibility index (Phi) is 6.32. The second-order valence-electron chi connectivity index (χ2n) is 8.22. The third-order valence-corrected chi connectivity index (χ3v) is 5.56. The van der Waals surface area contributed by atoms with Crippen molar-refractivity contribution in [3.05, 3.63) is 71.0 Å². The molecule has 0 spiro atoms. The topological polar surface area (TPSA) is 72.3 Å². The Labute approximate surface area is 183 Å². The second kappa shape index (κ2) is 9.31. The van der Waals surface area contributed by atoms with E-state index in [0.717, 1.165) is 37.2 Å². The van der Waals surface area contributed by atoms with Crippen molar-refractivity contribution in [2.24, 2.45) is 0 Å². The normalized spacial score (nSPS) is 15.5. The molecule has 31 heavy (non-hydrogen) atoms. The number of nitrogens with one attached hydrogen (secondary N) is 1. The summed E-state index contributed by atoms with van der Waals surface area (Å²) in [5, 5.41) is 12.0. The fourth-order valence-electron chi connectivity index (χ4n) is 3.87. The Morgan fingerprint density at radius 3 is 2.74 bits per heavy atom. The number of amides is 1. The smallest absolute Gasteiger partial charge is 0.273 e. The minimum atomic E-state index is -0.181. The maximum Gasteiger partial charge on any atom is 0.273 e. The van der Waals surface area contributed by atoms with E-state index in [0.29, 0.717) is 18.0 Å². The zero-order valence-corrected chi connectivity index (χ0v) is 18.3. The van der Waals surface area contributed by atoms with E-state index in [2.05, 4.69) is 26.5 Å². The molecule has 0 fully saturated rings. The first kappa shape index (κ1) is 21.1. The highest BCUT2D eigenvalue weighted by atomic mass is 16.5. The number of aryl methyl sites for hydroxylation is 2. The molecule has 0 saturated carbocycles. The van der Waals surface area contributed by atoms with Crippen molar-refractivity contribution in [1.82, 2.24) is 25.2 Å². The van der Waals surface area contributed by atoms with E-state index < -0.39 is 0 Å². The first-order valence-corrected chi connectivity index (χ1v) is 10.7. The molecule has 1 aliphatic carbocycles. The predicted octanol–water partition coefficient (Wildman–Crippen LogP) is 2.80. The van der Waals surface area contributed by atoms with Gasteiger partial charge in [0.15, 0.2) is 5.69 Å². The van der Waals surface area contributed by atoms with Gasteiger partial charge < -0.3 is 15.0 Å². The first-order valence-electron chi connectivity index (χ1n) is 10.7. The van der Waals surface area contributed by atoms with Gasteiger partial charge in [-0.3, -0.25) is 4.79 Å². The van der Waals surface area contributed by atoms with Crippen LogP contribution in [0, 0.1) is 6.92 Å². The third kappa shape index (κ3) is 4.94. The largest absolute Gasteiger partial charge is 0.492 e. The Balaban J connectivity index is 1.45. The van der Waals surface area contributed by atoms with Crippen molar-refractivity contribution in [3.63, 3.8) is 0 Å². The number of hydrogen-bond acceptors (Lipinski definition) is 5. The van der Waals surface area contributed by atoms with Gasteiger partial charge in [0.2, 0.25) is 0 Å². The third-order valence-electron chi connectivity index (χ3n) is 5.56. The maximum absolute atomic E-state index is 13.0. The molecular weight excluding hydrogens is 390 g/mol. The minimum absolute atomic E-state index is 0.0416. The Morgan fingerprint density at radius 1 is 1.16 bits per heavy atom. The number of rotatable bonds is 7. The Morgan fingerprint density at radius 2 is 1.97 bits per heavy atom. The van der Waals surface area contributed by atoms with Gasteiger partial charge in [0.1, 0.15) is 12.4 Å². The maximum atomic E-state index is 13.0. The lowest BCUT2D eigenvalue weighted by atomic mass is 9.87. The molecule has 7 nitrogen and oxygen atoms in total. The van der Waals surface area contributed by atoms with Crippen LogP contribution in [0.5, 0.6) is 5.75 Å². The van der Waals surface area contributed by atoms with E-state index in [9.17, 15) is 4.79 Å². The van der Waals surface area contributed by atoms with Gasteiger partial charge in [0, 0.05) is 12.6 Å². The summed E-state index contributed by atoms with van der Waals surface area (Å²) in [6.45, 7) is 3.32. The van der Waals surface area contributed by atoms with Crippen LogP contribution in [0.1, 0.15) is 33.7 Å². The summed E-state index contributed by atoms with van der Waals surface area (Å²) in [6.07, 6.45) is 2.57. The van der Waals surface area contributed by atoms with Gasteiger partial charge in [0.05, 0.1) is 11.4 Å². The van der Waals surface area contributed by atoms with Gasteiger partial charge in [-0.25, -0.2) is 0 Å². The molecule has 4 rings (SSSR count). The van der Waals surface area contributed by atoms with Crippen LogP contribution in [-0.2, 0) is 12.8 Å². The number of carbonyl (C=O) groups excluding carboxylic acids is 1. The van der Waals surface area contributed by atoms with E-state index in [1.165, 1.54) is 15.9 Å². The van der Waals surface area contributed by atoms with Crippen LogP contribution in [0.4, 0.5) is 0 Å². The molecular formula is C24H29N5O2. The summed E-state index contributed by atoms with van der Waals surface area (Å²) in [4.78, 5) is 16.6. The monoisotopic (exact) mass is 419 g/mol. The van der Waals surface area contributed by atoms with Crippen molar-refractivity contribution in [3.8, 4) is 11.4 Å². The minimum Gasteiger partial charge on any atom is -0.492 e. The van der Waals surface area contributed by atoms with E-state index in [1.807, 2.05) is 63.5 Å². The van der Waals surface area contributed by atoms with Gasteiger partial charge in [-0.15, -0.1) is 5.10 Å². The van der Waals surface area contributed by atoms with Crippen molar-refractivity contribution in [2.75, 3.05) is 27.2 Å². The van der Waals surface area contributed by atoms with Crippen molar-refractivity contribution in [1.29, 1.82) is 0 Å². The number of hydrogen-bond donors (Lipinski definition) is 1. The molecule has 2 aromatic carbocycles. The summed E-state index contributed by atoms with van der Waals surface area (Å²) in [6, 6.07) is 15.9. The summed E-state index contributed by atoms with van der Waals surface area (Å²) < 4.78 is 6.04. The number of fused-ring (bicyclic) bond motifs is 1. The molecule has 7 heteroatoms. The van der Waals surface area contributed by atoms with Gasteiger partial charge in [-0.2, -0.15) is 9.90 Å². The molecule has 1 N–H and O–H groups in total. The molecule has 1 aromatic heterocycles. The molecule has 0 bridgehead atoms.